The molecule has 0 saturated carbocycles. The molecule has 156 valence electrons. The van der Waals surface area contributed by atoms with Crippen molar-refractivity contribution >= 4 is 34.8 Å². The Morgan fingerprint density at radius 3 is 2.31 bits per heavy atom. The summed E-state index contributed by atoms with van der Waals surface area (Å²) in [7, 11) is 3.24. The van der Waals surface area contributed by atoms with Crippen LogP contribution in [0.4, 0.5) is 11.4 Å². The molecule has 2 aromatic carbocycles. The lowest BCUT2D eigenvalue weighted by molar-refractivity contribution is -0.119. The van der Waals surface area contributed by atoms with Crippen LogP contribution in [0, 0.1) is 0 Å². The number of nitrogens with zero attached hydrogens (tertiary/aromatic N) is 1. The van der Waals surface area contributed by atoms with Crippen LogP contribution in [0.2, 0.25) is 5.02 Å². The Kier molecular flexibility index (Phi) is 8.49. The SMILES string of the molecule is CC[C@H](C)c1ccccc1NC(=O)CN(C)CC(=O)Nc1cc(Cl)ccc1OC. The number of carbonyl (C=O) groups excluding carboxylic acids is 2. The van der Waals surface area contributed by atoms with Gasteiger partial charge in [-0.3, -0.25) is 14.5 Å². The minimum Gasteiger partial charge on any atom is -0.495 e. The Hall–Kier alpha value is -2.57. The van der Waals surface area contributed by atoms with Gasteiger partial charge in [-0.15, -0.1) is 0 Å². The van der Waals surface area contributed by atoms with Gasteiger partial charge >= 0.3 is 0 Å². The van der Waals surface area contributed by atoms with Crippen molar-refractivity contribution in [2.45, 2.75) is 26.2 Å². The second-order valence-electron chi connectivity index (χ2n) is 7.01. The molecule has 0 fully saturated rings. The maximum absolute atomic E-state index is 12.4. The van der Waals surface area contributed by atoms with Gasteiger partial charge in [0.05, 0.1) is 25.9 Å². The number of anilines is 2. The summed E-state index contributed by atoms with van der Waals surface area (Å²) in [6, 6.07) is 12.8. The molecular formula is C22H28ClN3O3. The molecule has 2 aromatic rings. The monoisotopic (exact) mass is 417 g/mol. The molecule has 2 amide bonds. The van der Waals surface area contributed by atoms with Gasteiger partial charge in [-0.05, 0) is 49.2 Å². The summed E-state index contributed by atoms with van der Waals surface area (Å²) < 4.78 is 5.23. The number of hydrogen-bond donors (Lipinski definition) is 2. The van der Waals surface area contributed by atoms with Crippen LogP contribution in [0.25, 0.3) is 0 Å². The zero-order chi connectivity index (χ0) is 21.4. The van der Waals surface area contributed by atoms with E-state index >= 15 is 0 Å². The number of nitrogens with one attached hydrogen (secondary N) is 2. The molecule has 2 N–H and O–H groups in total. The first-order chi connectivity index (χ1) is 13.8. The van der Waals surface area contributed by atoms with Crippen molar-refractivity contribution in [1.82, 2.24) is 4.90 Å². The Balaban J connectivity index is 1.92. The molecule has 0 aromatic heterocycles. The van der Waals surface area contributed by atoms with E-state index in [4.69, 9.17) is 16.3 Å². The molecule has 0 aliphatic heterocycles. The smallest absolute Gasteiger partial charge is 0.238 e. The van der Waals surface area contributed by atoms with Crippen molar-refractivity contribution in [1.29, 1.82) is 0 Å². The maximum Gasteiger partial charge on any atom is 0.238 e. The van der Waals surface area contributed by atoms with Crippen LogP contribution in [0.3, 0.4) is 0 Å². The van der Waals surface area contributed by atoms with Crippen LogP contribution in [0.5, 0.6) is 5.75 Å². The number of rotatable bonds is 9. The summed E-state index contributed by atoms with van der Waals surface area (Å²) in [4.78, 5) is 26.4. The topological polar surface area (TPSA) is 70.7 Å². The van der Waals surface area contributed by atoms with E-state index in [1.54, 1.807) is 30.1 Å². The van der Waals surface area contributed by atoms with Gasteiger partial charge in [-0.1, -0.05) is 43.6 Å². The van der Waals surface area contributed by atoms with Gasteiger partial charge in [-0.2, -0.15) is 0 Å². The first kappa shape index (κ1) is 22.7. The van der Waals surface area contributed by atoms with Gasteiger partial charge in [0.25, 0.3) is 0 Å². The van der Waals surface area contributed by atoms with Gasteiger partial charge in [-0.25, -0.2) is 0 Å². The summed E-state index contributed by atoms with van der Waals surface area (Å²) in [6.45, 7) is 4.39. The van der Waals surface area contributed by atoms with Crippen molar-refractivity contribution < 1.29 is 14.3 Å². The number of carbonyl (C=O) groups is 2. The van der Waals surface area contributed by atoms with Gasteiger partial charge in [0.2, 0.25) is 11.8 Å². The summed E-state index contributed by atoms with van der Waals surface area (Å²) >= 11 is 5.98. The van der Waals surface area contributed by atoms with Crippen LogP contribution >= 0.6 is 11.6 Å². The first-order valence-corrected chi connectivity index (χ1v) is 9.92. The number of benzene rings is 2. The van der Waals surface area contributed by atoms with Crippen molar-refractivity contribution in [3.8, 4) is 5.75 Å². The van der Waals surface area contributed by atoms with Crippen molar-refractivity contribution in [2.75, 3.05) is 37.9 Å². The van der Waals surface area contributed by atoms with Crippen molar-refractivity contribution in [3.63, 3.8) is 0 Å². The highest BCUT2D eigenvalue weighted by molar-refractivity contribution is 6.31. The number of para-hydroxylation sites is 1. The molecule has 0 saturated heterocycles. The third kappa shape index (κ3) is 6.76. The van der Waals surface area contributed by atoms with E-state index in [9.17, 15) is 9.59 Å². The van der Waals surface area contributed by atoms with E-state index in [-0.39, 0.29) is 24.9 Å². The second kappa shape index (κ2) is 10.8. The third-order valence-electron chi connectivity index (χ3n) is 4.64. The minimum absolute atomic E-state index is 0.0517. The van der Waals surface area contributed by atoms with E-state index in [2.05, 4.69) is 24.5 Å². The van der Waals surface area contributed by atoms with E-state index in [0.717, 1.165) is 17.7 Å². The van der Waals surface area contributed by atoms with Gasteiger partial charge in [0.15, 0.2) is 0 Å². The predicted molar refractivity (Wildman–Crippen MR) is 118 cm³/mol. The fraction of sp³-hybridized carbons (Fsp3) is 0.364. The van der Waals surface area contributed by atoms with Gasteiger partial charge in [0.1, 0.15) is 5.75 Å². The van der Waals surface area contributed by atoms with Crippen molar-refractivity contribution in [2.24, 2.45) is 0 Å². The fourth-order valence-electron chi connectivity index (χ4n) is 2.96. The largest absolute Gasteiger partial charge is 0.495 e. The average Bonchev–Trinajstić information content (AvgIpc) is 2.67. The number of ether oxygens (including phenoxy) is 1. The number of likely N-dealkylation sites (N-methyl/N-ethyl adjacent to an activating group) is 1. The van der Waals surface area contributed by atoms with E-state index in [0.29, 0.717) is 22.4 Å². The molecule has 0 aliphatic carbocycles. The van der Waals surface area contributed by atoms with E-state index in [1.807, 2.05) is 24.3 Å². The highest BCUT2D eigenvalue weighted by atomic mass is 35.5. The van der Waals surface area contributed by atoms with E-state index in [1.165, 1.54) is 7.11 Å². The fourth-order valence-corrected chi connectivity index (χ4v) is 3.14. The van der Waals surface area contributed by atoms with Gasteiger partial charge < -0.3 is 15.4 Å². The molecule has 0 aliphatic rings. The Bertz CT molecular complexity index is 857. The molecule has 0 spiro atoms. The molecule has 0 unspecified atom stereocenters. The second-order valence-corrected chi connectivity index (χ2v) is 7.45. The standard InChI is InChI=1S/C22H28ClN3O3/c1-5-15(2)17-8-6-7-9-18(17)24-21(27)13-26(3)14-22(28)25-19-12-16(23)10-11-20(19)29-4/h6-12,15H,5,13-14H2,1-4H3,(H,24,27)(H,25,28)/t15-/m0/s1. The van der Waals surface area contributed by atoms with Crippen LogP contribution < -0.4 is 15.4 Å². The number of methoxy groups -OCH3 is 1. The lowest BCUT2D eigenvalue weighted by Gasteiger charge is -2.19. The quantitative estimate of drug-likeness (QED) is 0.635. The summed E-state index contributed by atoms with van der Waals surface area (Å²) in [5.74, 6) is 0.435. The lowest BCUT2D eigenvalue weighted by Crippen LogP contribution is -2.36. The molecule has 6 nitrogen and oxygen atoms in total. The number of halogens is 1. The molecule has 0 bridgehead atoms. The molecule has 1 atom stereocenters. The number of hydrogen-bond acceptors (Lipinski definition) is 4. The number of amides is 2. The molecule has 2 rings (SSSR count). The highest BCUT2D eigenvalue weighted by Crippen LogP contribution is 2.28. The zero-order valence-corrected chi connectivity index (χ0v) is 18.0. The van der Waals surface area contributed by atoms with Crippen LogP contribution in [0.15, 0.2) is 42.5 Å². The molecule has 0 radical (unpaired) electrons. The summed E-state index contributed by atoms with van der Waals surface area (Å²) in [5, 5.41) is 6.22. The van der Waals surface area contributed by atoms with Crippen LogP contribution in [-0.4, -0.2) is 44.0 Å². The maximum atomic E-state index is 12.4. The Morgan fingerprint density at radius 2 is 1.69 bits per heavy atom. The average molecular weight is 418 g/mol. The molecule has 0 heterocycles. The minimum atomic E-state index is -0.263. The molecule has 7 heteroatoms. The highest BCUT2D eigenvalue weighted by Gasteiger charge is 2.15. The lowest BCUT2D eigenvalue weighted by atomic mass is 9.97. The zero-order valence-electron chi connectivity index (χ0n) is 17.3. The summed E-state index contributed by atoms with van der Waals surface area (Å²) in [5.41, 5.74) is 2.41. The predicted octanol–water partition coefficient (Wildman–Crippen LogP) is 4.37. The Labute approximate surface area is 177 Å². The van der Waals surface area contributed by atoms with Crippen molar-refractivity contribution in [3.05, 3.63) is 53.1 Å². The Morgan fingerprint density at radius 1 is 1.07 bits per heavy atom. The summed E-state index contributed by atoms with van der Waals surface area (Å²) in [6.07, 6.45) is 0.986. The normalized spacial score (nSPS) is 11.8. The van der Waals surface area contributed by atoms with Gasteiger partial charge in [0, 0.05) is 10.7 Å². The van der Waals surface area contributed by atoms with Crippen LogP contribution in [-0.2, 0) is 9.59 Å². The van der Waals surface area contributed by atoms with E-state index < -0.39 is 0 Å². The molecular weight excluding hydrogens is 390 g/mol. The van der Waals surface area contributed by atoms with Crippen LogP contribution in [0.1, 0.15) is 31.7 Å². The third-order valence-corrected chi connectivity index (χ3v) is 4.88. The first-order valence-electron chi connectivity index (χ1n) is 9.54. The molecule has 29 heavy (non-hydrogen) atoms.